The number of thiophene rings is 1. The van der Waals surface area contributed by atoms with E-state index in [4.69, 9.17) is 19.4 Å². The van der Waals surface area contributed by atoms with Gasteiger partial charge in [0.05, 0.1) is 11.6 Å². The number of rotatable bonds is 6. The third kappa shape index (κ3) is 5.81. The van der Waals surface area contributed by atoms with Crippen molar-refractivity contribution >= 4 is 53.4 Å². The van der Waals surface area contributed by atoms with Crippen molar-refractivity contribution in [1.29, 1.82) is 5.26 Å². The second-order valence-corrected chi connectivity index (χ2v) is 15.4. The molecule has 3 heterocycles. The highest BCUT2D eigenvalue weighted by atomic mass is 32.1. The molecule has 270 valence electrons. The molecule has 6 heteroatoms. The highest BCUT2D eigenvalue weighted by Gasteiger charge is 2.19. The number of furan rings is 1. The van der Waals surface area contributed by atoms with Gasteiger partial charge in [0.15, 0.2) is 17.5 Å². The van der Waals surface area contributed by atoms with Crippen LogP contribution in [0.1, 0.15) is 5.56 Å². The van der Waals surface area contributed by atoms with E-state index in [1.54, 1.807) is 11.3 Å². The molecule has 5 nitrogen and oxygen atoms in total. The molecular weight excluding hydrogens is 729 g/mol. The van der Waals surface area contributed by atoms with E-state index < -0.39 is 0 Å². The maximum absolute atomic E-state index is 9.58. The Kier molecular flexibility index (Phi) is 7.99. The number of nitriles is 1. The van der Waals surface area contributed by atoms with Crippen LogP contribution in [0.15, 0.2) is 186 Å². The van der Waals surface area contributed by atoms with Crippen molar-refractivity contribution in [3.63, 3.8) is 0 Å². The topological polar surface area (TPSA) is 75.6 Å². The molecule has 11 rings (SSSR count). The van der Waals surface area contributed by atoms with Crippen LogP contribution in [0.5, 0.6) is 0 Å². The van der Waals surface area contributed by atoms with Crippen LogP contribution < -0.4 is 0 Å². The molecular formula is C52H30N4OS. The van der Waals surface area contributed by atoms with Crippen molar-refractivity contribution in [3.05, 3.63) is 188 Å². The van der Waals surface area contributed by atoms with Crippen molar-refractivity contribution in [2.45, 2.75) is 0 Å². The fourth-order valence-corrected chi connectivity index (χ4v) is 9.20. The van der Waals surface area contributed by atoms with Crippen LogP contribution in [0.3, 0.4) is 0 Å². The smallest absolute Gasteiger partial charge is 0.165 e. The van der Waals surface area contributed by atoms with Gasteiger partial charge < -0.3 is 4.42 Å². The summed E-state index contributed by atoms with van der Waals surface area (Å²) in [6, 6.07) is 64.5. The predicted molar refractivity (Wildman–Crippen MR) is 237 cm³/mol. The van der Waals surface area contributed by atoms with Gasteiger partial charge in [0.2, 0.25) is 0 Å². The average Bonchev–Trinajstić information content (AvgIpc) is 3.87. The first-order valence-electron chi connectivity index (χ1n) is 19.1. The molecule has 0 spiro atoms. The molecule has 0 amide bonds. The van der Waals surface area contributed by atoms with Crippen LogP contribution in [-0.2, 0) is 0 Å². The molecule has 3 aromatic heterocycles. The molecule has 0 fully saturated rings. The van der Waals surface area contributed by atoms with E-state index in [0.717, 1.165) is 65.6 Å². The predicted octanol–water partition coefficient (Wildman–Crippen LogP) is 14.0. The summed E-state index contributed by atoms with van der Waals surface area (Å²) in [5, 5.41) is 14.1. The maximum atomic E-state index is 9.58. The normalized spacial score (nSPS) is 11.4. The largest absolute Gasteiger partial charge is 0.456 e. The molecule has 58 heavy (non-hydrogen) atoms. The minimum atomic E-state index is 0.549. The summed E-state index contributed by atoms with van der Waals surface area (Å²) in [5.41, 5.74) is 11.3. The Hall–Kier alpha value is -7.72. The van der Waals surface area contributed by atoms with E-state index >= 15 is 0 Å². The van der Waals surface area contributed by atoms with E-state index in [2.05, 4.69) is 127 Å². The van der Waals surface area contributed by atoms with Gasteiger partial charge in [-0.2, -0.15) is 5.26 Å². The lowest BCUT2D eigenvalue weighted by atomic mass is 9.96. The fraction of sp³-hybridized carbons (Fsp3) is 0. The number of hydrogen-bond donors (Lipinski definition) is 0. The van der Waals surface area contributed by atoms with Gasteiger partial charge in [-0.15, -0.1) is 11.3 Å². The second-order valence-electron chi connectivity index (χ2n) is 14.3. The van der Waals surface area contributed by atoms with Crippen molar-refractivity contribution < 1.29 is 4.42 Å². The minimum Gasteiger partial charge on any atom is -0.456 e. The Balaban J connectivity index is 1.08. The van der Waals surface area contributed by atoms with Crippen molar-refractivity contribution in [3.8, 4) is 73.6 Å². The van der Waals surface area contributed by atoms with Gasteiger partial charge in [0.25, 0.3) is 0 Å². The molecule has 0 radical (unpaired) electrons. The number of fused-ring (bicyclic) bond motifs is 6. The van der Waals surface area contributed by atoms with Crippen molar-refractivity contribution in [1.82, 2.24) is 15.0 Å². The zero-order chi connectivity index (χ0) is 38.6. The Labute approximate surface area is 337 Å². The Morgan fingerprint density at radius 2 is 1.02 bits per heavy atom. The first-order chi connectivity index (χ1) is 28.7. The highest BCUT2D eigenvalue weighted by molar-refractivity contribution is 7.26. The Bertz CT molecular complexity index is 3430. The molecule has 0 saturated carbocycles. The SMILES string of the molecule is N#Cc1cccc(-c2cccc(-c3nc(-c4ccc5c(c4)oc4cccc(-c6cccc(-c7ccccc7)c6)c45)nc(-c4cccc5c4sc4ccccc45)n3)c2)c1. The molecule has 0 bridgehead atoms. The van der Waals surface area contributed by atoms with Crippen molar-refractivity contribution in [2.24, 2.45) is 0 Å². The van der Waals surface area contributed by atoms with Crippen LogP contribution in [0, 0.1) is 11.3 Å². The standard InChI is InChI=1S/C52H30N4OS/c53-31-32-11-6-14-34(27-32)36-16-8-18-38(29-36)50-54-51(56-52(55-50)44-22-9-21-42-41-19-4-5-24-47(41)58-49(42)44)39-25-26-43-46(30-39)57-45-23-10-20-40(48(43)45)37-17-7-15-35(28-37)33-12-2-1-3-13-33/h1-30H. The average molecular weight is 759 g/mol. The number of hydrogen-bond acceptors (Lipinski definition) is 6. The fourth-order valence-electron chi connectivity index (χ4n) is 7.99. The summed E-state index contributed by atoms with van der Waals surface area (Å²) in [5.74, 6) is 1.70. The molecule has 0 aliphatic carbocycles. The third-order valence-electron chi connectivity index (χ3n) is 10.8. The summed E-state index contributed by atoms with van der Waals surface area (Å²) in [7, 11) is 0. The molecule has 0 aliphatic heterocycles. The zero-order valence-electron chi connectivity index (χ0n) is 30.9. The molecule has 0 aliphatic rings. The maximum Gasteiger partial charge on any atom is 0.165 e. The lowest BCUT2D eigenvalue weighted by molar-refractivity contribution is 0.669. The van der Waals surface area contributed by atoms with E-state index in [9.17, 15) is 5.26 Å². The summed E-state index contributed by atoms with van der Waals surface area (Å²) in [6.07, 6.45) is 0. The molecule has 8 aromatic carbocycles. The molecule has 0 unspecified atom stereocenters. The number of nitrogens with zero attached hydrogens (tertiary/aromatic N) is 4. The van der Waals surface area contributed by atoms with Gasteiger partial charge >= 0.3 is 0 Å². The van der Waals surface area contributed by atoms with Gasteiger partial charge in [-0.3, -0.25) is 0 Å². The third-order valence-corrected chi connectivity index (χ3v) is 12.0. The number of benzene rings is 8. The lowest BCUT2D eigenvalue weighted by Gasteiger charge is -2.10. The minimum absolute atomic E-state index is 0.549. The van der Waals surface area contributed by atoms with Gasteiger partial charge in [-0.1, -0.05) is 127 Å². The van der Waals surface area contributed by atoms with Crippen molar-refractivity contribution in [2.75, 3.05) is 0 Å². The highest BCUT2D eigenvalue weighted by Crippen LogP contribution is 2.41. The monoisotopic (exact) mass is 758 g/mol. The van der Waals surface area contributed by atoms with E-state index in [1.807, 2.05) is 60.7 Å². The first kappa shape index (κ1) is 33.6. The first-order valence-corrected chi connectivity index (χ1v) is 19.9. The van der Waals surface area contributed by atoms with E-state index in [-0.39, 0.29) is 0 Å². The molecule has 0 saturated heterocycles. The van der Waals surface area contributed by atoms with Crippen LogP contribution in [0.4, 0.5) is 0 Å². The molecule has 0 atom stereocenters. The molecule has 11 aromatic rings. The number of aromatic nitrogens is 3. The lowest BCUT2D eigenvalue weighted by Crippen LogP contribution is -2.00. The Morgan fingerprint density at radius 3 is 1.86 bits per heavy atom. The van der Waals surface area contributed by atoms with Crippen LogP contribution in [0.2, 0.25) is 0 Å². The zero-order valence-corrected chi connectivity index (χ0v) is 31.7. The Morgan fingerprint density at radius 1 is 0.414 bits per heavy atom. The quantitative estimate of drug-likeness (QED) is 0.169. The van der Waals surface area contributed by atoms with Gasteiger partial charge in [-0.25, -0.2) is 15.0 Å². The van der Waals surface area contributed by atoms with Gasteiger partial charge in [0, 0.05) is 47.6 Å². The summed E-state index contributed by atoms with van der Waals surface area (Å²) >= 11 is 1.75. The summed E-state index contributed by atoms with van der Waals surface area (Å²) in [6.45, 7) is 0. The van der Waals surface area contributed by atoms with Gasteiger partial charge in [-0.05, 0) is 88.0 Å². The van der Waals surface area contributed by atoms with E-state index in [1.165, 1.54) is 26.6 Å². The second kappa shape index (κ2) is 13.8. The molecule has 0 N–H and O–H groups in total. The van der Waals surface area contributed by atoms with E-state index in [0.29, 0.717) is 23.0 Å². The van der Waals surface area contributed by atoms with Crippen LogP contribution in [-0.4, -0.2) is 15.0 Å². The summed E-state index contributed by atoms with van der Waals surface area (Å²) in [4.78, 5) is 15.5. The summed E-state index contributed by atoms with van der Waals surface area (Å²) < 4.78 is 8.95. The van der Waals surface area contributed by atoms with Gasteiger partial charge in [0.1, 0.15) is 11.2 Å². The van der Waals surface area contributed by atoms with Crippen LogP contribution in [0.25, 0.3) is 110 Å². The van der Waals surface area contributed by atoms with Crippen LogP contribution >= 0.6 is 11.3 Å².